The number of nitrogens with one attached hydrogen (secondary N) is 2. The van der Waals surface area contributed by atoms with E-state index in [-0.39, 0.29) is 30.7 Å². The summed E-state index contributed by atoms with van der Waals surface area (Å²) in [4.78, 5) is 18.9. The van der Waals surface area contributed by atoms with Crippen LogP contribution in [0.3, 0.4) is 0 Å². The first-order valence-electron chi connectivity index (χ1n) is 7.81. The second-order valence-corrected chi connectivity index (χ2v) is 5.65. The second-order valence-electron chi connectivity index (χ2n) is 5.65. The molecule has 0 bridgehead atoms. The van der Waals surface area contributed by atoms with Gasteiger partial charge in [0.2, 0.25) is 0 Å². The standard InChI is InChI=1S/C16H22N4O2.2ClH/c1-12-3-4-14-13(19-12)11-15(22-14)16(21)18-5-2-8-20-9-6-17-7-10-20;;/h3-4,11,17H,2,5-10H2,1H3,(H,18,21);2*1H. The minimum absolute atomic E-state index is 0. The topological polar surface area (TPSA) is 70.4 Å². The molecular weight excluding hydrogens is 351 g/mol. The molecule has 0 saturated carbocycles. The molecule has 3 heterocycles. The number of piperazine rings is 1. The van der Waals surface area contributed by atoms with Gasteiger partial charge >= 0.3 is 0 Å². The third-order valence-electron chi connectivity index (χ3n) is 3.88. The Morgan fingerprint density at radius 3 is 2.83 bits per heavy atom. The van der Waals surface area contributed by atoms with Gasteiger partial charge in [-0.3, -0.25) is 4.79 Å². The molecule has 0 atom stereocenters. The quantitative estimate of drug-likeness (QED) is 0.783. The van der Waals surface area contributed by atoms with Crippen LogP contribution in [0.1, 0.15) is 22.7 Å². The van der Waals surface area contributed by atoms with Crippen LogP contribution in [0.4, 0.5) is 0 Å². The van der Waals surface area contributed by atoms with Crippen molar-refractivity contribution in [3.63, 3.8) is 0 Å². The minimum atomic E-state index is -0.170. The summed E-state index contributed by atoms with van der Waals surface area (Å²) in [5.74, 6) is 0.159. The van der Waals surface area contributed by atoms with Crippen LogP contribution in [0.5, 0.6) is 0 Å². The average Bonchev–Trinajstić information content (AvgIpc) is 2.95. The van der Waals surface area contributed by atoms with Crippen molar-refractivity contribution in [2.24, 2.45) is 0 Å². The number of nitrogens with zero attached hydrogens (tertiary/aromatic N) is 2. The van der Waals surface area contributed by atoms with Gasteiger partial charge in [-0.2, -0.15) is 0 Å². The first-order valence-corrected chi connectivity index (χ1v) is 7.81. The Morgan fingerprint density at radius 2 is 2.08 bits per heavy atom. The summed E-state index contributed by atoms with van der Waals surface area (Å²) in [6.45, 7) is 7.87. The number of fused-ring (bicyclic) bond motifs is 1. The fourth-order valence-electron chi connectivity index (χ4n) is 2.66. The Hall–Kier alpha value is -1.34. The van der Waals surface area contributed by atoms with E-state index in [2.05, 4.69) is 20.5 Å². The maximum absolute atomic E-state index is 12.1. The predicted octanol–water partition coefficient (Wildman–Crippen LogP) is 2.00. The number of hydrogen-bond donors (Lipinski definition) is 2. The number of furan rings is 1. The number of carbonyl (C=O) groups is 1. The highest BCUT2D eigenvalue weighted by atomic mass is 35.5. The maximum atomic E-state index is 12.1. The molecule has 1 aliphatic heterocycles. The summed E-state index contributed by atoms with van der Waals surface area (Å²) in [6, 6.07) is 5.42. The number of pyridine rings is 1. The lowest BCUT2D eigenvalue weighted by atomic mass is 10.3. The highest BCUT2D eigenvalue weighted by Crippen LogP contribution is 2.17. The molecule has 1 fully saturated rings. The molecule has 0 unspecified atom stereocenters. The van der Waals surface area contributed by atoms with E-state index in [4.69, 9.17) is 4.42 Å². The van der Waals surface area contributed by atoms with Gasteiger partial charge in [-0.1, -0.05) is 0 Å². The zero-order chi connectivity index (χ0) is 15.4. The molecule has 0 aliphatic carbocycles. The lowest BCUT2D eigenvalue weighted by molar-refractivity contribution is 0.0925. The molecule has 1 saturated heterocycles. The van der Waals surface area contributed by atoms with E-state index in [0.717, 1.165) is 50.4 Å². The summed E-state index contributed by atoms with van der Waals surface area (Å²) in [5.41, 5.74) is 2.29. The van der Waals surface area contributed by atoms with Gasteiger partial charge in [0.15, 0.2) is 11.3 Å². The first-order chi connectivity index (χ1) is 10.7. The van der Waals surface area contributed by atoms with E-state index in [0.29, 0.717) is 17.9 Å². The van der Waals surface area contributed by atoms with Gasteiger partial charge in [-0.25, -0.2) is 4.98 Å². The molecule has 2 N–H and O–H groups in total. The summed E-state index contributed by atoms with van der Waals surface area (Å²) in [6.07, 6.45) is 0.948. The number of aromatic nitrogens is 1. The smallest absolute Gasteiger partial charge is 0.287 e. The van der Waals surface area contributed by atoms with Crippen molar-refractivity contribution in [1.29, 1.82) is 0 Å². The highest BCUT2D eigenvalue weighted by molar-refractivity contribution is 5.95. The van der Waals surface area contributed by atoms with E-state index in [9.17, 15) is 4.79 Å². The Morgan fingerprint density at radius 1 is 1.33 bits per heavy atom. The van der Waals surface area contributed by atoms with E-state index >= 15 is 0 Å². The van der Waals surface area contributed by atoms with Gasteiger partial charge < -0.3 is 20.0 Å². The largest absolute Gasteiger partial charge is 0.449 e. The van der Waals surface area contributed by atoms with Gasteiger partial charge in [0.25, 0.3) is 5.91 Å². The van der Waals surface area contributed by atoms with E-state index in [1.165, 1.54) is 0 Å². The van der Waals surface area contributed by atoms with E-state index < -0.39 is 0 Å². The van der Waals surface area contributed by atoms with Crippen molar-refractivity contribution in [2.45, 2.75) is 13.3 Å². The number of rotatable bonds is 5. The van der Waals surface area contributed by atoms with Crippen LogP contribution >= 0.6 is 24.8 Å². The monoisotopic (exact) mass is 374 g/mol. The van der Waals surface area contributed by atoms with Crippen LogP contribution in [0.15, 0.2) is 22.6 Å². The predicted molar refractivity (Wildman–Crippen MR) is 99.5 cm³/mol. The van der Waals surface area contributed by atoms with Gasteiger partial charge in [-0.15, -0.1) is 24.8 Å². The van der Waals surface area contributed by atoms with Crippen molar-refractivity contribution < 1.29 is 9.21 Å². The number of carbonyl (C=O) groups excluding carboxylic acids is 1. The average molecular weight is 375 g/mol. The molecule has 24 heavy (non-hydrogen) atoms. The van der Waals surface area contributed by atoms with Crippen LogP contribution in [0.25, 0.3) is 11.1 Å². The van der Waals surface area contributed by atoms with Crippen molar-refractivity contribution in [1.82, 2.24) is 20.5 Å². The summed E-state index contributed by atoms with van der Waals surface area (Å²) in [5, 5.41) is 6.24. The lowest BCUT2D eigenvalue weighted by Gasteiger charge is -2.26. The van der Waals surface area contributed by atoms with Crippen molar-refractivity contribution in [3.05, 3.63) is 29.7 Å². The fourth-order valence-corrected chi connectivity index (χ4v) is 2.66. The molecule has 2 aromatic heterocycles. The fraction of sp³-hybridized carbons (Fsp3) is 0.500. The third kappa shape index (κ3) is 5.34. The summed E-state index contributed by atoms with van der Waals surface area (Å²) in [7, 11) is 0. The molecule has 1 aliphatic rings. The SMILES string of the molecule is Cc1ccc2oc(C(=O)NCCCN3CCNCC3)cc2n1.Cl.Cl. The third-order valence-corrected chi connectivity index (χ3v) is 3.88. The van der Waals surface area contributed by atoms with Crippen LogP contribution in [-0.2, 0) is 0 Å². The number of amides is 1. The van der Waals surface area contributed by atoms with Crippen molar-refractivity contribution in [3.8, 4) is 0 Å². The Kier molecular flexibility index (Phi) is 8.48. The van der Waals surface area contributed by atoms with Crippen molar-refractivity contribution >= 4 is 41.8 Å². The van der Waals surface area contributed by atoms with Gasteiger partial charge in [-0.05, 0) is 32.0 Å². The van der Waals surface area contributed by atoms with Gasteiger partial charge in [0.1, 0.15) is 5.52 Å². The minimum Gasteiger partial charge on any atom is -0.449 e. The molecule has 3 rings (SSSR count). The molecule has 1 amide bonds. The molecule has 0 spiro atoms. The molecule has 134 valence electrons. The number of halogens is 2. The first kappa shape index (κ1) is 20.7. The molecular formula is C16H24Cl2N4O2. The number of hydrogen-bond acceptors (Lipinski definition) is 5. The number of aryl methyl sites for hydroxylation is 1. The zero-order valence-corrected chi connectivity index (χ0v) is 15.3. The van der Waals surface area contributed by atoms with Crippen LogP contribution < -0.4 is 10.6 Å². The lowest BCUT2D eigenvalue weighted by Crippen LogP contribution is -2.44. The Balaban J connectivity index is 0.00000144. The Labute approximate surface area is 154 Å². The van der Waals surface area contributed by atoms with Crippen molar-refractivity contribution in [2.75, 3.05) is 39.3 Å². The maximum Gasteiger partial charge on any atom is 0.287 e. The normalized spacial score (nSPS) is 14.7. The molecule has 0 radical (unpaired) electrons. The highest BCUT2D eigenvalue weighted by Gasteiger charge is 2.13. The van der Waals surface area contributed by atoms with Crippen LogP contribution in [0.2, 0.25) is 0 Å². The van der Waals surface area contributed by atoms with Crippen LogP contribution in [0, 0.1) is 6.92 Å². The Bertz CT molecular complexity index is 657. The molecule has 6 nitrogen and oxygen atoms in total. The second kappa shape index (κ2) is 9.84. The van der Waals surface area contributed by atoms with Gasteiger partial charge in [0, 0.05) is 44.5 Å². The summed E-state index contributed by atoms with van der Waals surface area (Å²) >= 11 is 0. The molecule has 0 aromatic carbocycles. The molecule has 2 aromatic rings. The van der Waals surface area contributed by atoms with E-state index in [1.54, 1.807) is 6.07 Å². The van der Waals surface area contributed by atoms with Gasteiger partial charge in [0.05, 0.1) is 0 Å². The zero-order valence-electron chi connectivity index (χ0n) is 13.7. The van der Waals surface area contributed by atoms with Crippen LogP contribution in [-0.4, -0.2) is 55.1 Å². The summed E-state index contributed by atoms with van der Waals surface area (Å²) < 4.78 is 5.54. The molecule has 8 heteroatoms. The van der Waals surface area contributed by atoms with E-state index in [1.807, 2.05) is 19.1 Å².